The number of carbonyl (C=O) groups excluding carboxylic acids is 1. The smallest absolute Gasteiger partial charge is 0.411 e. The number of nitrogens with one attached hydrogen (secondary N) is 1. The number of rotatable bonds is 3. The highest BCUT2D eigenvalue weighted by atomic mass is 79.9. The monoisotopic (exact) mass is 325 g/mol. The minimum absolute atomic E-state index is 0.192. The third-order valence-corrected chi connectivity index (χ3v) is 3.34. The van der Waals surface area contributed by atoms with Gasteiger partial charge in [-0.15, -0.1) is 0 Å². The molecule has 16 heavy (non-hydrogen) atoms. The van der Waals surface area contributed by atoms with Gasteiger partial charge in [0.05, 0.1) is 10.0 Å². The van der Waals surface area contributed by atoms with Gasteiger partial charge in [0.2, 0.25) is 0 Å². The molecular weight excluding hydrogens is 317 g/mol. The van der Waals surface area contributed by atoms with Crippen LogP contribution >= 0.6 is 39.1 Å². The van der Waals surface area contributed by atoms with Crippen molar-refractivity contribution in [2.45, 2.75) is 13.0 Å². The van der Waals surface area contributed by atoms with Crippen molar-refractivity contribution in [2.75, 3.05) is 10.6 Å². The van der Waals surface area contributed by atoms with Crippen LogP contribution in [0.25, 0.3) is 0 Å². The summed E-state index contributed by atoms with van der Waals surface area (Å²) in [5, 5.41) is 3.96. The Morgan fingerprint density at radius 3 is 2.75 bits per heavy atom. The lowest BCUT2D eigenvalue weighted by atomic mass is 10.3. The zero-order valence-electron chi connectivity index (χ0n) is 8.47. The predicted octanol–water partition coefficient (Wildman–Crippen LogP) is 4.33. The second-order valence-electron chi connectivity index (χ2n) is 3.12. The van der Waals surface area contributed by atoms with Gasteiger partial charge in [0.15, 0.2) is 0 Å². The van der Waals surface area contributed by atoms with Crippen LogP contribution < -0.4 is 5.32 Å². The van der Waals surface area contributed by atoms with Crippen LogP contribution in [-0.4, -0.2) is 17.5 Å². The molecule has 0 radical (unpaired) electrons. The Morgan fingerprint density at radius 1 is 1.50 bits per heavy atom. The van der Waals surface area contributed by atoms with Gasteiger partial charge in [0.25, 0.3) is 0 Å². The summed E-state index contributed by atoms with van der Waals surface area (Å²) in [6.07, 6.45) is -0.715. The first kappa shape index (κ1) is 13.6. The van der Waals surface area contributed by atoms with Crippen LogP contribution in [0.3, 0.4) is 0 Å². The van der Waals surface area contributed by atoms with E-state index in [2.05, 4.69) is 21.2 Å². The number of benzene rings is 1. The number of hydrogen-bond donors (Lipinski definition) is 1. The third kappa shape index (κ3) is 4.20. The van der Waals surface area contributed by atoms with E-state index in [0.29, 0.717) is 21.1 Å². The van der Waals surface area contributed by atoms with Crippen molar-refractivity contribution in [1.82, 2.24) is 0 Å². The number of alkyl halides is 1. The average molecular weight is 327 g/mol. The lowest BCUT2D eigenvalue weighted by Gasteiger charge is -2.11. The van der Waals surface area contributed by atoms with Crippen molar-refractivity contribution in [3.8, 4) is 0 Å². The van der Waals surface area contributed by atoms with Crippen LogP contribution in [-0.2, 0) is 4.74 Å². The molecule has 0 bridgehead atoms. The molecule has 0 aliphatic heterocycles. The number of halogens is 3. The Labute approximate surface area is 112 Å². The van der Waals surface area contributed by atoms with Crippen LogP contribution in [0.15, 0.2) is 18.2 Å². The van der Waals surface area contributed by atoms with E-state index in [1.54, 1.807) is 25.1 Å². The van der Waals surface area contributed by atoms with Crippen molar-refractivity contribution in [3.05, 3.63) is 28.2 Å². The molecule has 0 aromatic heterocycles. The quantitative estimate of drug-likeness (QED) is 0.840. The Morgan fingerprint density at radius 2 is 2.19 bits per heavy atom. The fraction of sp³-hybridized carbons (Fsp3) is 0.300. The standard InChI is InChI=1S/C10H10BrCl2NO2/c1-6(5-11)16-10(15)14-7-2-3-8(12)9(13)4-7/h2-4,6H,5H2,1H3,(H,14,15). The normalized spacial score (nSPS) is 12.0. The summed E-state index contributed by atoms with van der Waals surface area (Å²) in [4.78, 5) is 11.3. The second kappa shape index (κ2) is 6.33. The maximum atomic E-state index is 11.3. The summed E-state index contributed by atoms with van der Waals surface area (Å²) in [6, 6.07) is 4.81. The van der Waals surface area contributed by atoms with E-state index in [4.69, 9.17) is 27.9 Å². The number of carbonyl (C=O) groups is 1. The first-order valence-electron chi connectivity index (χ1n) is 4.51. The zero-order chi connectivity index (χ0) is 12.1. The maximum absolute atomic E-state index is 11.3. The Bertz CT molecular complexity index is 387. The van der Waals surface area contributed by atoms with Crippen LogP contribution in [0.5, 0.6) is 0 Å². The van der Waals surface area contributed by atoms with Crippen molar-refractivity contribution >= 4 is 50.9 Å². The highest BCUT2D eigenvalue weighted by Gasteiger charge is 2.08. The second-order valence-corrected chi connectivity index (χ2v) is 4.59. The Kier molecular flexibility index (Phi) is 5.38. The van der Waals surface area contributed by atoms with E-state index in [9.17, 15) is 4.79 Å². The molecule has 6 heteroatoms. The molecule has 0 saturated carbocycles. The lowest BCUT2D eigenvalue weighted by Crippen LogP contribution is -2.20. The Hall–Kier alpha value is -0.450. The topological polar surface area (TPSA) is 38.3 Å². The molecule has 0 aliphatic carbocycles. The molecule has 1 aromatic rings. The lowest BCUT2D eigenvalue weighted by molar-refractivity contribution is 0.132. The molecule has 1 aromatic carbocycles. The van der Waals surface area contributed by atoms with Crippen molar-refractivity contribution < 1.29 is 9.53 Å². The first-order chi connectivity index (χ1) is 7.52. The van der Waals surface area contributed by atoms with Gasteiger partial charge in [0.1, 0.15) is 6.10 Å². The summed E-state index contributed by atoms with van der Waals surface area (Å²) in [7, 11) is 0. The van der Waals surface area contributed by atoms with Gasteiger partial charge >= 0.3 is 6.09 Å². The van der Waals surface area contributed by atoms with Crippen LogP contribution in [0.2, 0.25) is 10.0 Å². The summed E-state index contributed by atoms with van der Waals surface area (Å²) < 4.78 is 5.00. The Balaban J connectivity index is 2.59. The molecule has 0 heterocycles. The molecule has 3 nitrogen and oxygen atoms in total. The van der Waals surface area contributed by atoms with Gasteiger partial charge in [-0.05, 0) is 25.1 Å². The number of amides is 1. The summed E-state index contributed by atoms with van der Waals surface area (Å²) in [6.45, 7) is 1.78. The number of anilines is 1. The van der Waals surface area contributed by atoms with Crippen molar-refractivity contribution in [3.63, 3.8) is 0 Å². The largest absolute Gasteiger partial charge is 0.445 e. The molecule has 1 rings (SSSR count). The van der Waals surface area contributed by atoms with Gasteiger partial charge in [-0.3, -0.25) is 5.32 Å². The van der Waals surface area contributed by atoms with E-state index >= 15 is 0 Å². The van der Waals surface area contributed by atoms with E-state index in [0.717, 1.165) is 0 Å². The van der Waals surface area contributed by atoms with E-state index in [-0.39, 0.29) is 6.10 Å². The van der Waals surface area contributed by atoms with Gasteiger partial charge in [-0.2, -0.15) is 0 Å². The van der Waals surface area contributed by atoms with E-state index < -0.39 is 6.09 Å². The fourth-order valence-corrected chi connectivity index (χ4v) is 1.37. The molecule has 1 N–H and O–H groups in total. The predicted molar refractivity (Wildman–Crippen MR) is 69.8 cm³/mol. The number of hydrogen-bond acceptors (Lipinski definition) is 2. The molecule has 1 atom stereocenters. The molecular formula is C10H10BrCl2NO2. The molecule has 0 aliphatic rings. The zero-order valence-corrected chi connectivity index (χ0v) is 11.6. The van der Waals surface area contributed by atoms with Gasteiger partial charge in [-0.25, -0.2) is 4.79 Å². The van der Waals surface area contributed by atoms with E-state index in [1.807, 2.05) is 0 Å². The number of ether oxygens (including phenoxy) is 1. The minimum atomic E-state index is -0.523. The summed E-state index contributed by atoms with van der Waals surface area (Å²) >= 11 is 14.7. The molecule has 0 spiro atoms. The van der Waals surface area contributed by atoms with Crippen LogP contribution in [0, 0.1) is 0 Å². The SMILES string of the molecule is CC(CBr)OC(=O)Nc1ccc(Cl)c(Cl)c1. The van der Waals surface area contributed by atoms with Crippen LogP contribution in [0.4, 0.5) is 10.5 Å². The fourth-order valence-electron chi connectivity index (χ4n) is 0.935. The van der Waals surface area contributed by atoms with Crippen molar-refractivity contribution in [1.29, 1.82) is 0 Å². The van der Waals surface area contributed by atoms with Crippen molar-refractivity contribution in [2.24, 2.45) is 0 Å². The van der Waals surface area contributed by atoms with Gasteiger partial charge < -0.3 is 4.74 Å². The minimum Gasteiger partial charge on any atom is -0.445 e. The highest BCUT2D eigenvalue weighted by molar-refractivity contribution is 9.09. The molecule has 1 amide bonds. The maximum Gasteiger partial charge on any atom is 0.411 e. The first-order valence-corrected chi connectivity index (χ1v) is 6.39. The molecule has 88 valence electrons. The van der Waals surface area contributed by atoms with E-state index in [1.165, 1.54) is 0 Å². The van der Waals surface area contributed by atoms with Gasteiger partial charge in [-0.1, -0.05) is 39.1 Å². The summed E-state index contributed by atoms with van der Waals surface area (Å²) in [5.74, 6) is 0. The molecule has 0 fully saturated rings. The van der Waals surface area contributed by atoms with Crippen LogP contribution in [0.1, 0.15) is 6.92 Å². The summed E-state index contributed by atoms with van der Waals surface area (Å²) in [5.41, 5.74) is 0.543. The van der Waals surface area contributed by atoms with Gasteiger partial charge in [0, 0.05) is 11.0 Å². The average Bonchev–Trinajstić information content (AvgIpc) is 2.23. The highest BCUT2D eigenvalue weighted by Crippen LogP contribution is 2.25. The molecule has 0 saturated heterocycles. The third-order valence-electron chi connectivity index (χ3n) is 1.69. The molecule has 1 unspecified atom stereocenters.